The maximum Gasteiger partial charge on any atom is 0.185 e. The summed E-state index contributed by atoms with van der Waals surface area (Å²) in [6, 6.07) is 5.96. The van der Waals surface area contributed by atoms with Crippen LogP contribution in [0.5, 0.6) is 0 Å². The lowest BCUT2D eigenvalue weighted by molar-refractivity contribution is -0.109. The van der Waals surface area contributed by atoms with Crippen molar-refractivity contribution in [2.75, 3.05) is 5.75 Å². The minimum atomic E-state index is 0.151. The number of hydrogen-bond donors (Lipinski definition) is 1. The number of fused-ring (bicyclic) bond motifs is 1. The van der Waals surface area contributed by atoms with Gasteiger partial charge in [0.05, 0.1) is 0 Å². The second-order valence-corrected chi connectivity index (χ2v) is 5.47. The van der Waals surface area contributed by atoms with Crippen molar-refractivity contribution in [2.45, 2.75) is 13.3 Å². The minimum absolute atomic E-state index is 0.151. The van der Waals surface area contributed by atoms with E-state index in [-0.39, 0.29) is 5.12 Å². The van der Waals surface area contributed by atoms with E-state index in [0.29, 0.717) is 5.56 Å². The Morgan fingerprint density at radius 3 is 3.00 bits per heavy atom. The van der Waals surface area contributed by atoms with Gasteiger partial charge in [-0.3, -0.25) is 9.59 Å². The molecule has 0 fully saturated rings. The average Bonchev–Trinajstić information content (AvgIpc) is 2.80. The number of rotatable bonds is 5. The standard InChI is InChI=1S/C15H15NO2S/c1-11(18)19-7-3-2-4-12-5-6-15-14(8-12)13(10-17)9-16-15/h2,4-6,8-10,16H,3,7H2,1H3. The van der Waals surface area contributed by atoms with Crippen LogP contribution in [0, 0.1) is 0 Å². The number of aromatic nitrogens is 1. The lowest BCUT2D eigenvalue weighted by Crippen LogP contribution is -1.83. The van der Waals surface area contributed by atoms with Gasteiger partial charge in [-0.1, -0.05) is 30.0 Å². The van der Waals surface area contributed by atoms with Gasteiger partial charge in [-0.05, 0) is 24.1 Å². The Labute approximate surface area is 116 Å². The molecule has 1 N–H and O–H groups in total. The van der Waals surface area contributed by atoms with Crippen molar-refractivity contribution in [3.8, 4) is 0 Å². The van der Waals surface area contributed by atoms with Crippen LogP contribution < -0.4 is 0 Å². The molecule has 2 aromatic rings. The van der Waals surface area contributed by atoms with Gasteiger partial charge in [-0.15, -0.1) is 0 Å². The van der Waals surface area contributed by atoms with E-state index in [2.05, 4.69) is 4.98 Å². The first kappa shape index (κ1) is 13.6. The Balaban J connectivity index is 2.06. The van der Waals surface area contributed by atoms with Crippen molar-refractivity contribution in [3.63, 3.8) is 0 Å². The third-order valence-electron chi connectivity index (χ3n) is 2.76. The Morgan fingerprint density at radius 1 is 1.42 bits per heavy atom. The van der Waals surface area contributed by atoms with Crippen LogP contribution in [0.15, 0.2) is 30.5 Å². The molecule has 0 bridgehead atoms. The maximum absolute atomic E-state index is 10.9. The average molecular weight is 273 g/mol. The van der Waals surface area contributed by atoms with E-state index in [9.17, 15) is 9.59 Å². The summed E-state index contributed by atoms with van der Waals surface area (Å²) in [5, 5.41) is 1.09. The molecule has 1 aromatic carbocycles. The van der Waals surface area contributed by atoms with Gasteiger partial charge in [-0.2, -0.15) is 0 Å². The number of hydrogen-bond acceptors (Lipinski definition) is 3. The fourth-order valence-corrected chi connectivity index (χ4v) is 2.39. The lowest BCUT2D eigenvalue weighted by atomic mass is 10.1. The van der Waals surface area contributed by atoms with Gasteiger partial charge >= 0.3 is 0 Å². The summed E-state index contributed by atoms with van der Waals surface area (Å²) < 4.78 is 0. The first-order valence-corrected chi connectivity index (χ1v) is 7.05. The molecular weight excluding hydrogens is 258 g/mol. The van der Waals surface area contributed by atoms with E-state index in [0.717, 1.165) is 34.9 Å². The van der Waals surface area contributed by atoms with Crippen molar-refractivity contribution in [2.24, 2.45) is 0 Å². The van der Waals surface area contributed by atoms with Gasteiger partial charge in [0.2, 0.25) is 0 Å². The number of aromatic amines is 1. The first-order chi connectivity index (χ1) is 9.20. The van der Waals surface area contributed by atoms with E-state index in [4.69, 9.17) is 0 Å². The molecule has 0 atom stereocenters. The third kappa shape index (κ3) is 3.58. The summed E-state index contributed by atoms with van der Waals surface area (Å²) in [5.41, 5.74) is 2.70. The molecule has 0 aliphatic heterocycles. The zero-order chi connectivity index (χ0) is 13.7. The molecule has 1 aromatic heterocycles. The number of thioether (sulfide) groups is 1. The van der Waals surface area contributed by atoms with Crippen molar-refractivity contribution >= 4 is 40.1 Å². The summed E-state index contributed by atoms with van der Waals surface area (Å²) in [5.74, 6) is 0.803. The molecule has 0 spiro atoms. The van der Waals surface area contributed by atoms with Crippen molar-refractivity contribution in [1.82, 2.24) is 4.98 Å². The molecule has 1 heterocycles. The fraction of sp³-hybridized carbons (Fsp3) is 0.200. The third-order valence-corrected chi connectivity index (χ3v) is 3.61. The number of allylic oxidation sites excluding steroid dienone is 1. The van der Waals surface area contributed by atoms with Crippen LogP contribution in [0.25, 0.3) is 17.0 Å². The second-order valence-electron chi connectivity index (χ2n) is 4.20. The monoisotopic (exact) mass is 273 g/mol. The Kier molecular flexibility index (Phi) is 4.58. The molecule has 4 heteroatoms. The largest absolute Gasteiger partial charge is 0.360 e. The number of benzene rings is 1. The molecule has 0 aliphatic rings. The van der Waals surface area contributed by atoms with E-state index in [1.54, 1.807) is 13.1 Å². The number of H-pyrrole nitrogens is 1. The molecule has 19 heavy (non-hydrogen) atoms. The van der Waals surface area contributed by atoms with Crippen LogP contribution in [0.2, 0.25) is 0 Å². The summed E-state index contributed by atoms with van der Waals surface area (Å²) in [7, 11) is 0. The molecule has 98 valence electrons. The number of aldehydes is 1. The van der Waals surface area contributed by atoms with E-state index in [1.807, 2.05) is 30.4 Å². The highest BCUT2D eigenvalue weighted by atomic mass is 32.2. The minimum Gasteiger partial charge on any atom is -0.360 e. The van der Waals surface area contributed by atoms with Crippen LogP contribution >= 0.6 is 11.8 Å². The highest BCUT2D eigenvalue weighted by molar-refractivity contribution is 8.13. The van der Waals surface area contributed by atoms with Gasteiger partial charge in [-0.25, -0.2) is 0 Å². The zero-order valence-corrected chi connectivity index (χ0v) is 11.5. The predicted octanol–water partition coefficient (Wildman–Crippen LogP) is 3.66. The van der Waals surface area contributed by atoms with E-state index in [1.165, 1.54) is 11.8 Å². The molecule has 0 aliphatic carbocycles. The molecule has 3 nitrogen and oxygen atoms in total. The predicted molar refractivity (Wildman–Crippen MR) is 80.5 cm³/mol. The summed E-state index contributed by atoms with van der Waals surface area (Å²) in [4.78, 5) is 24.7. The van der Waals surface area contributed by atoms with Gasteiger partial charge in [0, 0.05) is 35.3 Å². The van der Waals surface area contributed by atoms with Crippen LogP contribution in [0.1, 0.15) is 29.3 Å². The number of nitrogens with one attached hydrogen (secondary N) is 1. The van der Waals surface area contributed by atoms with E-state index >= 15 is 0 Å². The molecular formula is C15H15NO2S. The molecule has 0 saturated carbocycles. The highest BCUT2D eigenvalue weighted by Crippen LogP contribution is 2.19. The first-order valence-electron chi connectivity index (χ1n) is 6.07. The summed E-state index contributed by atoms with van der Waals surface area (Å²) >= 11 is 1.33. The summed E-state index contributed by atoms with van der Waals surface area (Å²) in [6.07, 6.45) is 7.49. The Morgan fingerprint density at radius 2 is 2.26 bits per heavy atom. The topological polar surface area (TPSA) is 49.9 Å². The van der Waals surface area contributed by atoms with Crippen LogP contribution in [0.3, 0.4) is 0 Å². The van der Waals surface area contributed by atoms with Crippen molar-refractivity contribution in [1.29, 1.82) is 0 Å². The zero-order valence-electron chi connectivity index (χ0n) is 10.7. The van der Waals surface area contributed by atoms with Gasteiger partial charge in [0.25, 0.3) is 0 Å². The van der Waals surface area contributed by atoms with Crippen LogP contribution in [-0.2, 0) is 4.79 Å². The SMILES string of the molecule is CC(=O)SCCC=Cc1ccc2[nH]cc(C=O)c2c1. The van der Waals surface area contributed by atoms with Crippen molar-refractivity contribution < 1.29 is 9.59 Å². The number of carbonyl (C=O) groups is 2. The maximum atomic E-state index is 10.9. The fourth-order valence-electron chi connectivity index (χ4n) is 1.85. The van der Waals surface area contributed by atoms with Gasteiger partial charge < -0.3 is 4.98 Å². The molecule has 0 radical (unpaired) electrons. The quantitative estimate of drug-likeness (QED) is 0.668. The Bertz CT molecular complexity index is 628. The van der Waals surface area contributed by atoms with Gasteiger partial charge in [0.1, 0.15) is 0 Å². The molecule has 2 rings (SSSR count). The molecule has 0 saturated heterocycles. The highest BCUT2D eigenvalue weighted by Gasteiger charge is 2.02. The van der Waals surface area contributed by atoms with Crippen LogP contribution in [-0.4, -0.2) is 22.1 Å². The number of carbonyl (C=O) groups excluding carboxylic acids is 2. The normalized spacial score (nSPS) is 11.2. The second kappa shape index (κ2) is 6.38. The summed E-state index contributed by atoms with van der Waals surface area (Å²) in [6.45, 7) is 1.58. The van der Waals surface area contributed by atoms with Crippen molar-refractivity contribution in [3.05, 3.63) is 41.6 Å². The van der Waals surface area contributed by atoms with Crippen LogP contribution in [0.4, 0.5) is 0 Å². The lowest BCUT2D eigenvalue weighted by Gasteiger charge is -1.96. The molecule has 0 amide bonds. The van der Waals surface area contributed by atoms with E-state index < -0.39 is 0 Å². The molecule has 0 unspecified atom stereocenters. The van der Waals surface area contributed by atoms with Gasteiger partial charge in [0.15, 0.2) is 11.4 Å². The Hall–Kier alpha value is -1.81. The smallest absolute Gasteiger partial charge is 0.185 e.